The van der Waals surface area contributed by atoms with Crippen LogP contribution < -0.4 is 15.1 Å². The van der Waals surface area contributed by atoms with Gasteiger partial charge in [-0.25, -0.2) is 4.79 Å². The molecule has 1 unspecified atom stereocenters. The molecule has 1 fully saturated rings. The van der Waals surface area contributed by atoms with Gasteiger partial charge in [-0.05, 0) is 37.1 Å². The summed E-state index contributed by atoms with van der Waals surface area (Å²) in [4.78, 5) is 27.6. The molecule has 0 spiro atoms. The van der Waals surface area contributed by atoms with Gasteiger partial charge in [0.25, 0.3) is 5.91 Å². The van der Waals surface area contributed by atoms with Crippen LogP contribution >= 0.6 is 12.2 Å². The standard InChI is InChI=1S/C16H19N3O4S/c1-10(24)17-7-13-8-19(16(22)23-13)12-2-3-14-11(6-12)4-5-18(14)15(21)9-20/h2-3,6,13,20H,4-5,7-9H2,1H3,(H,17,24). The van der Waals surface area contributed by atoms with Crippen molar-refractivity contribution in [3.05, 3.63) is 23.8 Å². The number of hydrogen-bond acceptors (Lipinski definition) is 5. The minimum Gasteiger partial charge on any atom is -0.442 e. The fourth-order valence-electron chi connectivity index (χ4n) is 3.00. The molecule has 0 saturated carbocycles. The normalized spacial score (nSPS) is 19.2. The van der Waals surface area contributed by atoms with Crippen LogP contribution in [0.4, 0.5) is 16.2 Å². The molecule has 0 aliphatic carbocycles. The molecular formula is C16H19N3O4S. The number of fused-ring (bicyclic) bond motifs is 1. The zero-order chi connectivity index (χ0) is 17.3. The summed E-state index contributed by atoms with van der Waals surface area (Å²) in [6, 6.07) is 5.51. The number of carbonyl (C=O) groups is 2. The van der Waals surface area contributed by atoms with Gasteiger partial charge < -0.3 is 20.1 Å². The highest BCUT2D eigenvalue weighted by Gasteiger charge is 2.33. The summed E-state index contributed by atoms with van der Waals surface area (Å²) >= 11 is 4.96. The Morgan fingerprint density at radius 2 is 2.29 bits per heavy atom. The summed E-state index contributed by atoms with van der Waals surface area (Å²) in [5.74, 6) is -0.316. The lowest BCUT2D eigenvalue weighted by atomic mass is 10.1. The van der Waals surface area contributed by atoms with Crippen LogP contribution in [-0.2, 0) is 16.0 Å². The molecule has 1 saturated heterocycles. The van der Waals surface area contributed by atoms with E-state index in [1.54, 1.807) is 22.8 Å². The first-order valence-corrected chi connectivity index (χ1v) is 8.17. The molecule has 2 amide bonds. The number of nitrogens with zero attached hydrogens (tertiary/aromatic N) is 2. The maximum absolute atomic E-state index is 12.1. The third-order valence-corrected chi connectivity index (χ3v) is 4.30. The fourth-order valence-corrected chi connectivity index (χ4v) is 3.08. The van der Waals surface area contributed by atoms with E-state index >= 15 is 0 Å². The molecule has 0 bridgehead atoms. The van der Waals surface area contributed by atoms with Gasteiger partial charge in [0.2, 0.25) is 0 Å². The number of aliphatic hydroxyl groups is 1. The molecule has 24 heavy (non-hydrogen) atoms. The maximum atomic E-state index is 12.1. The molecule has 2 N–H and O–H groups in total. The Balaban J connectivity index is 1.73. The third kappa shape index (κ3) is 3.20. The van der Waals surface area contributed by atoms with E-state index in [1.165, 1.54) is 0 Å². The lowest BCUT2D eigenvalue weighted by Crippen LogP contribution is -2.32. The summed E-state index contributed by atoms with van der Waals surface area (Å²) < 4.78 is 5.34. The van der Waals surface area contributed by atoms with E-state index < -0.39 is 6.61 Å². The van der Waals surface area contributed by atoms with Gasteiger partial charge in [-0.1, -0.05) is 12.2 Å². The molecule has 1 aromatic rings. The number of aliphatic hydroxyl groups excluding tert-OH is 1. The smallest absolute Gasteiger partial charge is 0.414 e. The van der Waals surface area contributed by atoms with Gasteiger partial charge in [-0.3, -0.25) is 9.69 Å². The predicted molar refractivity (Wildman–Crippen MR) is 93.5 cm³/mol. The highest BCUT2D eigenvalue weighted by atomic mass is 32.1. The molecule has 0 aromatic heterocycles. The number of cyclic esters (lactones) is 1. The van der Waals surface area contributed by atoms with Crippen molar-refractivity contribution in [2.45, 2.75) is 19.4 Å². The number of anilines is 2. The van der Waals surface area contributed by atoms with Crippen LogP contribution in [0.15, 0.2) is 18.2 Å². The Labute approximate surface area is 145 Å². The minimum absolute atomic E-state index is 0.254. The SMILES string of the molecule is CC(=S)NCC1CN(c2ccc3c(c2)CCN3C(=O)CO)C(=O)O1. The number of rotatable bonds is 4. The second-order valence-corrected chi connectivity index (χ2v) is 6.43. The monoisotopic (exact) mass is 349 g/mol. The van der Waals surface area contributed by atoms with Crippen LogP contribution in [0.1, 0.15) is 12.5 Å². The molecule has 1 aromatic carbocycles. The molecule has 128 valence electrons. The van der Waals surface area contributed by atoms with E-state index in [9.17, 15) is 9.59 Å². The largest absolute Gasteiger partial charge is 0.442 e. The Morgan fingerprint density at radius 1 is 1.50 bits per heavy atom. The number of carbonyl (C=O) groups excluding carboxylic acids is 2. The highest BCUT2D eigenvalue weighted by molar-refractivity contribution is 7.80. The van der Waals surface area contributed by atoms with E-state index in [-0.39, 0.29) is 18.1 Å². The number of ether oxygens (including phenoxy) is 1. The molecule has 2 aliphatic rings. The second kappa shape index (κ2) is 6.74. The predicted octanol–water partition coefficient (Wildman–Crippen LogP) is 0.830. The van der Waals surface area contributed by atoms with E-state index in [4.69, 9.17) is 22.1 Å². The average Bonchev–Trinajstić information content (AvgIpc) is 3.15. The summed E-state index contributed by atoms with van der Waals surface area (Å²) in [7, 11) is 0. The van der Waals surface area contributed by atoms with Crippen LogP contribution in [0, 0.1) is 0 Å². The number of thiocarbonyl (C=S) groups is 1. The van der Waals surface area contributed by atoms with Crippen molar-refractivity contribution in [2.75, 3.05) is 36.0 Å². The zero-order valence-electron chi connectivity index (χ0n) is 13.3. The summed E-state index contributed by atoms with van der Waals surface area (Å²) in [5.41, 5.74) is 2.52. The van der Waals surface area contributed by atoms with Crippen molar-refractivity contribution < 1.29 is 19.4 Å². The van der Waals surface area contributed by atoms with Crippen molar-refractivity contribution in [3.8, 4) is 0 Å². The molecule has 7 nitrogen and oxygen atoms in total. The summed E-state index contributed by atoms with van der Waals surface area (Å²) in [5, 5.41) is 12.0. The Bertz CT molecular complexity index is 694. The topological polar surface area (TPSA) is 82.1 Å². The van der Waals surface area contributed by atoms with Crippen molar-refractivity contribution in [1.82, 2.24) is 5.32 Å². The summed E-state index contributed by atoms with van der Waals surface area (Å²) in [6.45, 7) is 2.76. The van der Waals surface area contributed by atoms with Crippen molar-refractivity contribution in [2.24, 2.45) is 0 Å². The van der Waals surface area contributed by atoms with Gasteiger partial charge in [-0.2, -0.15) is 0 Å². The molecule has 1 atom stereocenters. The quantitative estimate of drug-likeness (QED) is 0.784. The molecule has 0 radical (unpaired) electrons. The van der Waals surface area contributed by atoms with Crippen LogP contribution in [-0.4, -0.2) is 54.4 Å². The third-order valence-electron chi connectivity index (χ3n) is 4.16. The van der Waals surface area contributed by atoms with E-state index in [2.05, 4.69) is 5.32 Å². The summed E-state index contributed by atoms with van der Waals surface area (Å²) in [6.07, 6.45) is 0.0635. The van der Waals surface area contributed by atoms with Gasteiger partial charge in [0, 0.05) is 17.9 Å². The zero-order valence-corrected chi connectivity index (χ0v) is 14.1. The Kier molecular flexibility index (Phi) is 4.68. The van der Waals surface area contributed by atoms with Gasteiger partial charge in [-0.15, -0.1) is 0 Å². The number of amides is 2. The lowest BCUT2D eigenvalue weighted by molar-refractivity contribution is -0.121. The molecule has 8 heteroatoms. The fraction of sp³-hybridized carbons (Fsp3) is 0.438. The first-order valence-electron chi connectivity index (χ1n) is 7.76. The van der Waals surface area contributed by atoms with Crippen LogP contribution in [0.2, 0.25) is 0 Å². The van der Waals surface area contributed by atoms with Gasteiger partial charge in [0.1, 0.15) is 12.7 Å². The van der Waals surface area contributed by atoms with Gasteiger partial charge >= 0.3 is 6.09 Å². The number of benzene rings is 1. The maximum Gasteiger partial charge on any atom is 0.414 e. The minimum atomic E-state index is -0.506. The van der Waals surface area contributed by atoms with E-state index in [0.717, 1.165) is 16.9 Å². The highest BCUT2D eigenvalue weighted by Crippen LogP contribution is 2.33. The first-order chi connectivity index (χ1) is 11.5. The number of hydrogen-bond donors (Lipinski definition) is 2. The van der Waals surface area contributed by atoms with E-state index in [1.807, 2.05) is 12.1 Å². The second-order valence-electron chi connectivity index (χ2n) is 5.82. The molecular weight excluding hydrogens is 330 g/mol. The van der Waals surface area contributed by atoms with E-state index in [0.29, 0.717) is 31.0 Å². The number of nitrogens with one attached hydrogen (secondary N) is 1. The van der Waals surface area contributed by atoms with Gasteiger partial charge in [0.15, 0.2) is 0 Å². The van der Waals surface area contributed by atoms with Crippen molar-refractivity contribution in [1.29, 1.82) is 0 Å². The van der Waals surface area contributed by atoms with Crippen LogP contribution in [0.25, 0.3) is 0 Å². The Hall–Kier alpha value is -2.19. The lowest BCUT2D eigenvalue weighted by Gasteiger charge is -2.18. The molecule has 2 aliphatic heterocycles. The molecule has 2 heterocycles. The molecule has 3 rings (SSSR count). The van der Waals surface area contributed by atoms with Crippen molar-refractivity contribution in [3.63, 3.8) is 0 Å². The van der Waals surface area contributed by atoms with Crippen LogP contribution in [0.3, 0.4) is 0 Å². The first kappa shape index (κ1) is 16.7. The van der Waals surface area contributed by atoms with Crippen molar-refractivity contribution >= 4 is 40.6 Å². The van der Waals surface area contributed by atoms with Gasteiger partial charge in [0.05, 0.1) is 18.1 Å². The van der Waals surface area contributed by atoms with Crippen LogP contribution in [0.5, 0.6) is 0 Å². The average molecular weight is 349 g/mol. The Morgan fingerprint density at radius 3 is 3.00 bits per heavy atom.